The van der Waals surface area contributed by atoms with Crippen molar-refractivity contribution in [1.29, 1.82) is 0 Å². The van der Waals surface area contributed by atoms with Crippen LogP contribution in [0, 0.1) is 12.3 Å². The van der Waals surface area contributed by atoms with Crippen molar-refractivity contribution in [3.8, 4) is 23.8 Å². The number of hydrogen-bond donors (Lipinski definition) is 2. The molecule has 0 saturated heterocycles. The van der Waals surface area contributed by atoms with Gasteiger partial charge in [0.05, 0.1) is 20.3 Å². The summed E-state index contributed by atoms with van der Waals surface area (Å²) in [7, 11) is 3.13. The number of carbonyl (C=O) groups excluding carboxylic acids is 1. The first-order valence-corrected chi connectivity index (χ1v) is 5.80. The lowest BCUT2D eigenvalue weighted by atomic mass is 10.1. The molecule has 1 unspecified atom stereocenters. The van der Waals surface area contributed by atoms with E-state index in [4.69, 9.17) is 21.6 Å². The standard InChI is InChI=1S/C14H18N2O3/c1-4-5-11(15)14(17)16-9-10-6-7-12(18-2)13(8-10)19-3/h1,6-8,11H,5,9,15H2,2-3H3,(H,16,17). The van der Waals surface area contributed by atoms with Gasteiger partial charge in [-0.15, -0.1) is 12.3 Å². The number of nitrogens with two attached hydrogens (primary N) is 1. The second kappa shape index (κ2) is 7.29. The van der Waals surface area contributed by atoms with Gasteiger partial charge in [-0.05, 0) is 17.7 Å². The van der Waals surface area contributed by atoms with Gasteiger partial charge in [0.2, 0.25) is 5.91 Å². The highest BCUT2D eigenvalue weighted by Crippen LogP contribution is 2.27. The van der Waals surface area contributed by atoms with Crippen molar-refractivity contribution < 1.29 is 14.3 Å². The van der Waals surface area contributed by atoms with Crippen molar-refractivity contribution in [1.82, 2.24) is 5.32 Å². The number of amides is 1. The van der Waals surface area contributed by atoms with Gasteiger partial charge < -0.3 is 20.5 Å². The fourth-order valence-corrected chi connectivity index (χ4v) is 1.53. The smallest absolute Gasteiger partial charge is 0.238 e. The summed E-state index contributed by atoms with van der Waals surface area (Å²) in [5.41, 5.74) is 6.48. The van der Waals surface area contributed by atoms with E-state index in [1.54, 1.807) is 26.4 Å². The van der Waals surface area contributed by atoms with E-state index in [1.165, 1.54) is 0 Å². The number of methoxy groups -OCH3 is 2. The molecule has 5 nitrogen and oxygen atoms in total. The molecule has 0 radical (unpaired) electrons. The van der Waals surface area contributed by atoms with Crippen molar-refractivity contribution in [3.05, 3.63) is 23.8 Å². The van der Waals surface area contributed by atoms with Crippen LogP contribution in [0.5, 0.6) is 11.5 Å². The topological polar surface area (TPSA) is 73.6 Å². The first-order valence-electron chi connectivity index (χ1n) is 5.80. The predicted octanol–water partition coefficient (Wildman–Crippen LogP) is 0.671. The van der Waals surface area contributed by atoms with Crippen LogP contribution in [0.4, 0.5) is 0 Å². The molecule has 0 bridgehead atoms. The maximum Gasteiger partial charge on any atom is 0.238 e. The van der Waals surface area contributed by atoms with Gasteiger partial charge in [-0.3, -0.25) is 4.79 Å². The number of rotatable bonds is 6. The number of ether oxygens (including phenoxy) is 2. The summed E-state index contributed by atoms with van der Waals surface area (Å²) in [6, 6.07) is 4.74. The third-order valence-electron chi connectivity index (χ3n) is 2.59. The minimum atomic E-state index is -0.676. The Balaban J connectivity index is 2.63. The number of hydrogen-bond acceptors (Lipinski definition) is 4. The van der Waals surface area contributed by atoms with Crippen LogP contribution in [0.3, 0.4) is 0 Å². The Morgan fingerprint density at radius 1 is 1.42 bits per heavy atom. The van der Waals surface area contributed by atoms with Crippen LogP contribution in [0.1, 0.15) is 12.0 Å². The zero-order valence-electron chi connectivity index (χ0n) is 11.1. The van der Waals surface area contributed by atoms with E-state index in [-0.39, 0.29) is 12.3 Å². The Labute approximate surface area is 113 Å². The lowest BCUT2D eigenvalue weighted by Gasteiger charge is -2.12. The van der Waals surface area contributed by atoms with E-state index in [1.807, 2.05) is 6.07 Å². The molecule has 1 rings (SSSR count). The summed E-state index contributed by atoms with van der Waals surface area (Å²) >= 11 is 0. The van der Waals surface area contributed by atoms with Crippen LogP contribution in [0.2, 0.25) is 0 Å². The molecule has 1 amide bonds. The zero-order valence-corrected chi connectivity index (χ0v) is 11.1. The molecule has 19 heavy (non-hydrogen) atoms. The fourth-order valence-electron chi connectivity index (χ4n) is 1.53. The van der Waals surface area contributed by atoms with E-state index in [2.05, 4.69) is 11.2 Å². The van der Waals surface area contributed by atoms with Gasteiger partial charge in [0.1, 0.15) is 0 Å². The van der Waals surface area contributed by atoms with Gasteiger partial charge >= 0.3 is 0 Å². The molecule has 0 fully saturated rings. The molecule has 0 aliphatic heterocycles. The molecular formula is C14H18N2O3. The highest BCUT2D eigenvalue weighted by molar-refractivity contribution is 5.81. The minimum Gasteiger partial charge on any atom is -0.493 e. The summed E-state index contributed by atoms with van der Waals surface area (Å²) in [5, 5.41) is 2.72. The number of carbonyl (C=O) groups is 1. The summed E-state index contributed by atoms with van der Waals surface area (Å²) in [5.74, 6) is 3.34. The van der Waals surface area contributed by atoms with E-state index in [0.717, 1.165) is 5.56 Å². The Morgan fingerprint density at radius 3 is 2.68 bits per heavy atom. The molecule has 0 aliphatic carbocycles. The molecule has 1 atom stereocenters. The Bertz CT molecular complexity index is 480. The summed E-state index contributed by atoms with van der Waals surface area (Å²) in [6.07, 6.45) is 5.32. The van der Waals surface area contributed by atoms with Crippen LogP contribution in [-0.2, 0) is 11.3 Å². The first-order chi connectivity index (χ1) is 9.12. The van der Waals surface area contributed by atoms with E-state index >= 15 is 0 Å². The molecule has 0 saturated carbocycles. The van der Waals surface area contributed by atoms with Crippen molar-refractivity contribution in [2.24, 2.45) is 5.73 Å². The van der Waals surface area contributed by atoms with Crippen molar-refractivity contribution in [3.63, 3.8) is 0 Å². The molecule has 1 aromatic rings. The first kappa shape index (κ1) is 14.9. The average molecular weight is 262 g/mol. The van der Waals surface area contributed by atoms with E-state index in [9.17, 15) is 4.79 Å². The summed E-state index contributed by atoms with van der Waals surface area (Å²) < 4.78 is 10.3. The number of terminal acetylenes is 1. The van der Waals surface area contributed by atoms with Gasteiger partial charge in [-0.2, -0.15) is 0 Å². The molecule has 5 heteroatoms. The van der Waals surface area contributed by atoms with Crippen LogP contribution < -0.4 is 20.5 Å². The Morgan fingerprint density at radius 2 is 2.11 bits per heavy atom. The fraction of sp³-hybridized carbons (Fsp3) is 0.357. The molecule has 3 N–H and O–H groups in total. The number of benzene rings is 1. The molecule has 0 aliphatic rings. The molecule has 102 valence electrons. The highest BCUT2D eigenvalue weighted by Gasteiger charge is 2.12. The quantitative estimate of drug-likeness (QED) is 0.739. The third-order valence-corrected chi connectivity index (χ3v) is 2.59. The van der Waals surface area contributed by atoms with E-state index in [0.29, 0.717) is 18.0 Å². The third kappa shape index (κ3) is 4.19. The van der Waals surface area contributed by atoms with Crippen LogP contribution in [-0.4, -0.2) is 26.2 Å². The highest BCUT2D eigenvalue weighted by atomic mass is 16.5. The number of nitrogens with one attached hydrogen (secondary N) is 1. The second-order valence-corrected chi connectivity index (χ2v) is 3.92. The van der Waals surface area contributed by atoms with Crippen LogP contribution in [0.25, 0.3) is 0 Å². The van der Waals surface area contributed by atoms with Gasteiger partial charge in [0.25, 0.3) is 0 Å². The van der Waals surface area contributed by atoms with Crippen LogP contribution >= 0.6 is 0 Å². The average Bonchev–Trinajstić information content (AvgIpc) is 2.44. The zero-order chi connectivity index (χ0) is 14.3. The second-order valence-electron chi connectivity index (χ2n) is 3.92. The predicted molar refractivity (Wildman–Crippen MR) is 72.8 cm³/mol. The normalized spacial score (nSPS) is 11.3. The van der Waals surface area contributed by atoms with Gasteiger partial charge in [-0.1, -0.05) is 6.07 Å². The van der Waals surface area contributed by atoms with Gasteiger partial charge in [-0.25, -0.2) is 0 Å². The van der Waals surface area contributed by atoms with Crippen molar-refractivity contribution in [2.45, 2.75) is 19.0 Å². The Hall–Kier alpha value is -2.19. The van der Waals surface area contributed by atoms with Crippen molar-refractivity contribution in [2.75, 3.05) is 14.2 Å². The van der Waals surface area contributed by atoms with E-state index < -0.39 is 6.04 Å². The molecule has 1 aromatic carbocycles. The SMILES string of the molecule is C#CCC(N)C(=O)NCc1ccc(OC)c(OC)c1. The Kier molecular flexibility index (Phi) is 5.71. The van der Waals surface area contributed by atoms with Crippen LogP contribution in [0.15, 0.2) is 18.2 Å². The molecular weight excluding hydrogens is 244 g/mol. The largest absolute Gasteiger partial charge is 0.493 e. The minimum absolute atomic E-state index is 0.220. The molecule has 0 aromatic heterocycles. The molecule has 0 heterocycles. The monoisotopic (exact) mass is 262 g/mol. The maximum atomic E-state index is 11.6. The molecule has 0 spiro atoms. The summed E-state index contributed by atoms with van der Waals surface area (Å²) in [4.78, 5) is 11.6. The lowest BCUT2D eigenvalue weighted by Crippen LogP contribution is -2.39. The summed E-state index contributed by atoms with van der Waals surface area (Å²) in [6.45, 7) is 0.359. The lowest BCUT2D eigenvalue weighted by molar-refractivity contribution is -0.122. The van der Waals surface area contributed by atoms with Gasteiger partial charge in [0.15, 0.2) is 11.5 Å². The maximum absolute atomic E-state index is 11.6. The van der Waals surface area contributed by atoms with Crippen molar-refractivity contribution >= 4 is 5.91 Å². The van der Waals surface area contributed by atoms with Gasteiger partial charge in [0, 0.05) is 13.0 Å².